The molecule has 90 valence electrons. The van der Waals surface area contributed by atoms with E-state index in [1.165, 1.54) is 11.3 Å². The molecule has 0 saturated heterocycles. The summed E-state index contributed by atoms with van der Waals surface area (Å²) in [5.74, 6) is 0. The molecule has 0 unspecified atom stereocenters. The highest BCUT2D eigenvalue weighted by Gasteiger charge is 2.19. The van der Waals surface area contributed by atoms with Crippen molar-refractivity contribution in [3.63, 3.8) is 0 Å². The predicted octanol–water partition coefficient (Wildman–Crippen LogP) is 3.32. The van der Waals surface area contributed by atoms with Gasteiger partial charge in [-0.25, -0.2) is 0 Å². The molecule has 4 nitrogen and oxygen atoms in total. The molecule has 1 heterocycles. The summed E-state index contributed by atoms with van der Waals surface area (Å²) in [6, 6.07) is 1.64. The van der Waals surface area contributed by atoms with E-state index >= 15 is 0 Å². The minimum atomic E-state index is -0.340. The van der Waals surface area contributed by atoms with Gasteiger partial charge >= 0.3 is 5.00 Å². The summed E-state index contributed by atoms with van der Waals surface area (Å²) in [5, 5.41) is 16.0. The van der Waals surface area contributed by atoms with Crippen molar-refractivity contribution in [2.45, 2.75) is 45.7 Å². The lowest BCUT2D eigenvalue weighted by Gasteiger charge is -2.28. The Bertz CT molecular complexity index is 359. The fourth-order valence-corrected chi connectivity index (χ4v) is 2.10. The van der Waals surface area contributed by atoms with Crippen LogP contribution in [0.25, 0.3) is 0 Å². The number of rotatable bonds is 6. The third-order valence-corrected chi connectivity index (χ3v) is 4.03. The van der Waals surface area contributed by atoms with Crippen molar-refractivity contribution in [2.75, 3.05) is 0 Å². The summed E-state index contributed by atoms with van der Waals surface area (Å²) in [7, 11) is 0. The fourth-order valence-electron chi connectivity index (χ4n) is 1.37. The van der Waals surface area contributed by atoms with Gasteiger partial charge in [-0.2, -0.15) is 0 Å². The minimum absolute atomic E-state index is 0.122. The van der Waals surface area contributed by atoms with Gasteiger partial charge in [-0.1, -0.05) is 25.2 Å². The first-order valence-electron chi connectivity index (χ1n) is 5.47. The van der Waals surface area contributed by atoms with Crippen molar-refractivity contribution in [2.24, 2.45) is 0 Å². The smallest absolute Gasteiger partial charge is 0.307 e. The zero-order valence-corrected chi connectivity index (χ0v) is 10.8. The van der Waals surface area contributed by atoms with Crippen LogP contribution in [0.15, 0.2) is 11.4 Å². The molecule has 1 aromatic heterocycles. The SMILES string of the molecule is CCC(C)(CC)NCc1csc([N+](=O)[O-])c1. The fraction of sp³-hybridized carbons (Fsp3) is 0.636. The van der Waals surface area contributed by atoms with E-state index < -0.39 is 0 Å². The van der Waals surface area contributed by atoms with Crippen molar-refractivity contribution in [3.05, 3.63) is 27.1 Å². The molecular weight excluding hydrogens is 224 g/mol. The molecule has 0 amide bonds. The lowest BCUT2D eigenvalue weighted by molar-refractivity contribution is -0.380. The van der Waals surface area contributed by atoms with Gasteiger partial charge < -0.3 is 5.32 Å². The first-order chi connectivity index (χ1) is 7.50. The van der Waals surface area contributed by atoms with Crippen molar-refractivity contribution in [1.29, 1.82) is 0 Å². The molecule has 0 saturated carbocycles. The number of hydrogen-bond acceptors (Lipinski definition) is 4. The van der Waals surface area contributed by atoms with E-state index in [0.29, 0.717) is 6.54 Å². The minimum Gasteiger partial charge on any atom is -0.307 e. The largest absolute Gasteiger partial charge is 0.324 e. The maximum Gasteiger partial charge on any atom is 0.324 e. The Kier molecular flexibility index (Phi) is 4.44. The van der Waals surface area contributed by atoms with Gasteiger partial charge in [0.1, 0.15) is 0 Å². The van der Waals surface area contributed by atoms with Gasteiger partial charge in [0.25, 0.3) is 0 Å². The Morgan fingerprint density at radius 2 is 2.12 bits per heavy atom. The van der Waals surface area contributed by atoms with Crippen molar-refractivity contribution < 1.29 is 4.92 Å². The van der Waals surface area contributed by atoms with E-state index in [1.807, 2.05) is 5.38 Å². The van der Waals surface area contributed by atoms with Crippen molar-refractivity contribution in [3.8, 4) is 0 Å². The standard InChI is InChI=1S/C11H18N2O2S/c1-4-11(3,5-2)12-7-9-6-10(13(14)15)16-8-9/h6,8,12H,4-5,7H2,1-3H3. The van der Waals surface area contributed by atoms with E-state index in [0.717, 1.165) is 18.4 Å². The van der Waals surface area contributed by atoms with Gasteiger partial charge in [0.15, 0.2) is 0 Å². The van der Waals surface area contributed by atoms with Gasteiger partial charge in [0, 0.05) is 23.5 Å². The number of hydrogen-bond donors (Lipinski definition) is 1. The van der Waals surface area contributed by atoms with Crippen LogP contribution in [0.5, 0.6) is 0 Å². The first kappa shape index (κ1) is 13.1. The summed E-state index contributed by atoms with van der Waals surface area (Å²) < 4.78 is 0. The molecule has 1 rings (SSSR count). The van der Waals surface area contributed by atoms with Gasteiger partial charge in [-0.05, 0) is 25.3 Å². The Hall–Kier alpha value is -0.940. The van der Waals surface area contributed by atoms with Crippen LogP contribution in [0.4, 0.5) is 5.00 Å². The highest BCUT2D eigenvalue weighted by Crippen LogP contribution is 2.23. The molecular formula is C11H18N2O2S. The van der Waals surface area contributed by atoms with Crippen LogP contribution < -0.4 is 5.32 Å². The Balaban J connectivity index is 2.57. The molecule has 0 aliphatic rings. The van der Waals surface area contributed by atoms with Crippen LogP contribution in [0.2, 0.25) is 0 Å². The highest BCUT2D eigenvalue weighted by atomic mass is 32.1. The number of thiophene rings is 1. The van der Waals surface area contributed by atoms with Crippen LogP contribution in [0.3, 0.4) is 0 Å². The van der Waals surface area contributed by atoms with Crippen LogP contribution in [0, 0.1) is 10.1 Å². The van der Waals surface area contributed by atoms with Crippen LogP contribution in [-0.2, 0) is 6.54 Å². The molecule has 1 N–H and O–H groups in total. The van der Waals surface area contributed by atoms with Crippen LogP contribution in [-0.4, -0.2) is 10.5 Å². The maximum absolute atomic E-state index is 10.5. The predicted molar refractivity (Wildman–Crippen MR) is 66.8 cm³/mol. The molecule has 5 heteroatoms. The molecule has 0 spiro atoms. The second-order valence-electron chi connectivity index (χ2n) is 4.17. The van der Waals surface area contributed by atoms with E-state index in [4.69, 9.17) is 0 Å². The third-order valence-electron chi connectivity index (χ3n) is 3.10. The molecule has 0 atom stereocenters. The molecule has 0 aliphatic heterocycles. The lowest BCUT2D eigenvalue weighted by atomic mass is 9.95. The zero-order chi connectivity index (χ0) is 12.2. The van der Waals surface area contributed by atoms with Gasteiger partial charge in [-0.15, -0.1) is 0 Å². The monoisotopic (exact) mass is 242 g/mol. The number of nitrogens with one attached hydrogen (secondary N) is 1. The molecule has 1 aromatic rings. The molecule has 0 fully saturated rings. The van der Waals surface area contributed by atoms with Gasteiger partial charge in [0.05, 0.1) is 4.92 Å². The average Bonchev–Trinajstić information content (AvgIpc) is 2.75. The number of nitro groups is 1. The Morgan fingerprint density at radius 3 is 2.56 bits per heavy atom. The second-order valence-corrected chi connectivity index (χ2v) is 5.06. The van der Waals surface area contributed by atoms with Crippen LogP contribution in [0.1, 0.15) is 39.2 Å². The third kappa shape index (κ3) is 3.28. The summed E-state index contributed by atoms with van der Waals surface area (Å²) in [4.78, 5) is 10.2. The first-order valence-corrected chi connectivity index (χ1v) is 6.35. The molecule has 0 bridgehead atoms. The number of nitrogens with zero attached hydrogens (tertiary/aromatic N) is 1. The van der Waals surface area contributed by atoms with Crippen molar-refractivity contribution >= 4 is 16.3 Å². The van der Waals surface area contributed by atoms with Crippen LogP contribution >= 0.6 is 11.3 Å². The Labute approximate surface area is 99.8 Å². The average molecular weight is 242 g/mol. The quantitative estimate of drug-likeness (QED) is 0.615. The van der Waals surface area contributed by atoms with Gasteiger partial charge in [0.2, 0.25) is 0 Å². The summed E-state index contributed by atoms with van der Waals surface area (Å²) in [6.07, 6.45) is 2.10. The zero-order valence-electron chi connectivity index (χ0n) is 9.95. The topological polar surface area (TPSA) is 55.2 Å². The van der Waals surface area contributed by atoms with Crippen molar-refractivity contribution in [1.82, 2.24) is 5.32 Å². The lowest BCUT2D eigenvalue weighted by Crippen LogP contribution is -2.40. The van der Waals surface area contributed by atoms with E-state index in [9.17, 15) is 10.1 Å². The summed E-state index contributed by atoms with van der Waals surface area (Å²) >= 11 is 1.18. The van der Waals surface area contributed by atoms with Gasteiger partial charge in [-0.3, -0.25) is 10.1 Å². The molecule has 0 aromatic carbocycles. The highest BCUT2D eigenvalue weighted by molar-refractivity contribution is 7.13. The normalized spacial score (nSPS) is 11.7. The summed E-state index contributed by atoms with van der Waals surface area (Å²) in [6.45, 7) is 7.16. The van der Waals surface area contributed by atoms with E-state index in [-0.39, 0.29) is 15.5 Å². The maximum atomic E-state index is 10.5. The summed E-state index contributed by atoms with van der Waals surface area (Å²) in [5.41, 5.74) is 1.11. The van der Waals surface area contributed by atoms with E-state index in [1.54, 1.807) is 6.07 Å². The Morgan fingerprint density at radius 1 is 1.50 bits per heavy atom. The second kappa shape index (κ2) is 5.41. The molecule has 0 aliphatic carbocycles. The molecule has 16 heavy (non-hydrogen) atoms. The molecule has 0 radical (unpaired) electrons. The van der Waals surface area contributed by atoms with E-state index in [2.05, 4.69) is 26.1 Å².